The van der Waals surface area contributed by atoms with E-state index in [1.807, 2.05) is 12.1 Å². The van der Waals surface area contributed by atoms with Gasteiger partial charge in [-0.15, -0.1) is 0 Å². The molecule has 0 aliphatic heterocycles. The van der Waals surface area contributed by atoms with Crippen LogP contribution in [-0.4, -0.2) is 26.7 Å². The fourth-order valence-corrected chi connectivity index (χ4v) is 2.44. The Balaban J connectivity index is 1.88. The van der Waals surface area contributed by atoms with Crippen LogP contribution in [0.25, 0.3) is 0 Å². The second-order valence-electron chi connectivity index (χ2n) is 4.92. The van der Waals surface area contributed by atoms with Gasteiger partial charge in [-0.3, -0.25) is 4.79 Å². The Bertz CT molecular complexity index is 723. The van der Waals surface area contributed by atoms with Gasteiger partial charge in [0.15, 0.2) is 11.5 Å². The summed E-state index contributed by atoms with van der Waals surface area (Å²) in [5.41, 5.74) is 1.52. The van der Waals surface area contributed by atoms with E-state index in [-0.39, 0.29) is 12.5 Å². The number of methoxy groups -OCH3 is 2. The molecule has 5 nitrogen and oxygen atoms in total. The standard InChI is InChI=1S/C17H18Cl2N2O3/c1-23-14-7-6-11(8-15(14)24-2)9-21-16(22)10-20-13-5-3-4-12(18)17(13)19/h3-8,20H,9-10H2,1-2H3,(H,21,22). The van der Waals surface area contributed by atoms with Gasteiger partial charge in [0.25, 0.3) is 0 Å². The topological polar surface area (TPSA) is 59.6 Å². The molecule has 0 bridgehead atoms. The van der Waals surface area contributed by atoms with Crippen molar-refractivity contribution >= 4 is 34.8 Å². The van der Waals surface area contributed by atoms with Gasteiger partial charge in [0.2, 0.25) is 5.91 Å². The van der Waals surface area contributed by atoms with Crippen molar-refractivity contribution in [3.05, 3.63) is 52.0 Å². The smallest absolute Gasteiger partial charge is 0.239 e. The number of carbonyl (C=O) groups is 1. The van der Waals surface area contributed by atoms with E-state index in [4.69, 9.17) is 32.7 Å². The molecule has 0 heterocycles. The molecule has 2 N–H and O–H groups in total. The van der Waals surface area contributed by atoms with E-state index >= 15 is 0 Å². The highest BCUT2D eigenvalue weighted by molar-refractivity contribution is 6.43. The Hall–Kier alpha value is -2.11. The number of ether oxygens (including phenoxy) is 2. The van der Waals surface area contributed by atoms with Crippen molar-refractivity contribution in [2.45, 2.75) is 6.54 Å². The van der Waals surface area contributed by atoms with Gasteiger partial charge in [-0.25, -0.2) is 0 Å². The van der Waals surface area contributed by atoms with Crippen LogP contribution in [0.1, 0.15) is 5.56 Å². The molecule has 0 aromatic heterocycles. The maximum absolute atomic E-state index is 12.0. The van der Waals surface area contributed by atoms with Crippen LogP contribution in [0.3, 0.4) is 0 Å². The minimum Gasteiger partial charge on any atom is -0.493 e. The molecule has 0 radical (unpaired) electrons. The van der Waals surface area contributed by atoms with Crippen LogP contribution >= 0.6 is 23.2 Å². The van der Waals surface area contributed by atoms with Gasteiger partial charge in [0.1, 0.15) is 0 Å². The lowest BCUT2D eigenvalue weighted by molar-refractivity contribution is -0.119. The Labute approximate surface area is 150 Å². The van der Waals surface area contributed by atoms with Gasteiger partial charge in [0.05, 0.1) is 36.5 Å². The predicted octanol–water partition coefficient (Wildman–Crippen LogP) is 3.74. The normalized spacial score (nSPS) is 10.2. The second kappa shape index (κ2) is 8.66. The van der Waals surface area contributed by atoms with Gasteiger partial charge in [-0.1, -0.05) is 35.3 Å². The summed E-state index contributed by atoms with van der Waals surface area (Å²) in [6.45, 7) is 0.470. The van der Waals surface area contributed by atoms with Gasteiger partial charge >= 0.3 is 0 Å². The third-order valence-electron chi connectivity index (χ3n) is 3.33. The van der Waals surface area contributed by atoms with Crippen molar-refractivity contribution in [1.82, 2.24) is 5.32 Å². The Morgan fingerprint density at radius 2 is 1.83 bits per heavy atom. The first-order valence-electron chi connectivity index (χ1n) is 7.20. The Morgan fingerprint density at radius 1 is 1.08 bits per heavy atom. The first kappa shape index (κ1) is 18.2. The average Bonchev–Trinajstić information content (AvgIpc) is 2.60. The summed E-state index contributed by atoms with van der Waals surface area (Å²) in [6, 6.07) is 10.7. The molecule has 2 aromatic carbocycles. The first-order chi connectivity index (χ1) is 11.5. The van der Waals surface area contributed by atoms with Gasteiger partial charge in [0, 0.05) is 6.54 Å². The zero-order valence-electron chi connectivity index (χ0n) is 13.4. The fraction of sp³-hybridized carbons (Fsp3) is 0.235. The number of anilines is 1. The van der Waals surface area contributed by atoms with E-state index in [0.717, 1.165) is 5.56 Å². The molecule has 24 heavy (non-hydrogen) atoms. The van der Waals surface area contributed by atoms with E-state index in [1.54, 1.807) is 38.5 Å². The van der Waals surface area contributed by atoms with E-state index < -0.39 is 0 Å². The van der Waals surface area contributed by atoms with Crippen molar-refractivity contribution in [2.75, 3.05) is 26.1 Å². The van der Waals surface area contributed by atoms with Crippen LogP contribution < -0.4 is 20.1 Å². The number of benzene rings is 2. The third-order valence-corrected chi connectivity index (χ3v) is 4.15. The highest BCUT2D eigenvalue weighted by Crippen LogP contribution is 2.29. The summed E-state index contributed by atoms with van der Waals surface area (Å²) in [5, 5.41) is 6.61. The molecule has 0 fully saturated rings. The lowest BCUT2D eigenvalue weighted by atomic mass is 10.2. The summed E-state index contributed by atoms with van der Waals surface area (Å²) in [7, 11) is 3.14. The lowest BCUT2D eigenvalue weighted by Crippen LogP contribution is -2.29. The molecule has 0 spiro atoms. The number of halogens is 2. The maximum atomic E-state index is 12.0. The van der Waals surface area contributed by atoms with Crippen LogP contribution in [0.15, 0.2) is 36.4 Å². The summed E-state index contributed by atoms with van der Waals surface area (Å²) in [5.74, 6) is 1.10. The molecule has 0 unspecified atom stereocenters. The van der Waals surface area contributed by atoms with Crippen LogP contribution in [0.4, 0.5) is 5.69 Å². The minimum atomic E-state index is -0.166. The molecular formula is C17H18Cl2N2O3. The second-order valence-corrected chi connectivity index (χ2v) is 5.71. The lowest BCUT2D eigenvalue weighted by Gasteiger charge is -2.11. The molecule has 2 aromatic rings. The molecule has 2 rings (SSSR count). The monoisotopic (exact) mass is 368 g/mol. The average molecular weight is 369 g/mol. The molecule has 1 amide bonds. The molecule has 0 saturated carbocycles. The van der Waals surface area contributed by atoms with Crippen LogP contribution in [0.5, 0.6) is 11.5 Å². The zero-order chi connectivity index (χ0) is 17.5. The number of hydrogen-bond donors (Lipinski definition) is 2. The summed E-state index contributed by atoms with van der Waals surface area (Å²) in [6.07, 6.45) is 0. The Kier molecular flexibility index (Phi) is 6.58. The molecular weight excluding hydrogens is 351 g/mol. The highest BCUT2D eigenvalue weighted by atomic mass is 35.5. The highest BCUT2D eigenvalue weighted by Gasteiger charge is 2.08. The summed E-state index contributed by atoms with van der Waals surface area (Å²) >= 11 is 12.0. The minimum absolute atomic E-state index is 0.0906. The fourth-order valence-electron chi connectivity index (χ4n) is 2.07. The predicted molar refractivity (Wildman–Crippen MR) is 96.3 cm³/mol. The summed E-state index contributed by atoms with van der Waals surface area (Å²) in [4.78, 5) is 12.0. The van der Waals surface area contributed by atoms with Crippen molar-refractivity contribution < 1.29 is 14.3 Å². The number of carbonyl (C=O) groups excluding carboxylic acids is 1. The van der Waals surface area contributed by atoms with E-state index in [9.17, 15) is 4.79 Å². The van der Waals surface area contributed by atoms with Gasteiger partial charge < -0.3 is 20.1 Å². The molecule has 0 atom stereocenters. The summed E-state index contributed by atoms with van der Waals surface area (Å²) < 4.78 is 10.4. The van der Waals surface area contributed by atoms with Crippen molar-refractivity contribution in [3.8, 4) is 11.5 Å². The van der Waals surface area contributed by atoms with E-state index in [1.165, 1.54) is 0 Å². The zero-order valence-corrected chi connectivity index (χ0v) is 14.9. The quantitative estimate of drug-likeness (QED) is 0.781. The van der Waals surface area contributed by atoms with Gasteiger partial charge in [-0.05, 0) is 29.8 Å². The third kappa shape index (κ3) is 4.69. The van der Waals surface area contributed by atoms with E-state index in [0.29, 0.717) is 33.8 Å². The molecule has 0 aliphatic rings. The van der Waals surface area contributed by atoms with Crippen LogP contribution in [-0.2, 0) is 11.3 Å². The Morgan fingerprint density at radius 3 is 2.54 bits per heavy atom. The number of amides is 1. The number of hydrogen-bond acceptors (Lipinski definition) is 4. The molecule has 7 heteroatoms. The number of rotatable bonds is 7. The van der Waals surface area contributed by atoms with Crippen LogP contribution in [0, 0.1) is 0 Å². The molecule has 0 aliphatic carbocycles. The van der Waals surface area contributed by atoms with Crippen molar-refractivity contribution in [2.24, 2.45) is 0 Å². The van der Waals surface area contributed by atoms with Gasteiger partial charge in [-0.2, -0.15) is 0 Å². The number of nitrogens with one attached hydrogen (secondary N) is 2. The molecule has 128 valence electrons. The maximum Gasteiger partial charge on any atom is 0.239 e. The largest absolute Gasteiger partial charge is 0.493 e. The SMILES string of the molecule is COc1ccc(CNC(=O)CNc2cccc(Cl)c2Cl)cc1OC. The van der Waals surface area contributed by atoms with Crippen molar-refractivity contribution in [1.29, 1.82) is 0 Å². The molecule has 0 saturated heterocycles. The van der Waals surface area contributed by atoms with Crippen LogP contribution in [0.2, 0.25) is 10.0 Å². The van der Waals surface area contributed by atoms with E-state index in [2.05, 4.69) is 10.6 Å². The first-order valence-corrected chi connectivity index (χ1v) is 7.96. The van der Waals surface area contributed by atoms with Crippen molar-refractivity contribution in [3.63, 3.8) is 0 Å².